The van der Waals surface area contributed by atoms with Crippen LogP contribution in [0.3, 0.4) is 0 Å². The van der Waals surface area contributed by atoms with Crippen LogP contribution in [0.15, 0.2) is 18.2 Å². The van der Waals surface area contributed by atoms with Crippen LogP contribution in [0.1, 0.15) is 31.2 Å². The third kappa shape index (κ3) is 2.32. The highest BCUT2D eigenvalue weighted by atomic mass is 19.3. The summed E-state index contributed by atoms with van der Waals surface area (Å²) >= 11 is 0. The van der Waals surface area contributed by atoms with Crippen molar-refractivity contribution in [1.82, 2.24) is 0 Å². The van der Waals surface area contributed by atoms with Gasteiger partial charge in [0.25, 0.3) is 0 Å². The molecule has 2 nitrogen and oxygen atoms in total. The van der Waals surface area contributed by atoms with Gasteiger partial charge in [-0.25, -0.2) is 13.2 Å². The minimum atomic E-state index is -2.68. The lowest BCUT2D eigenvalue weighted by atomic mass is 9.68. The summed E-state index contributed by atoms with van der Waals surface area (Å²) in [7, 11) is 0. The van der Waals surface area contributed by atoms with Crippen LogP contribution in [0.25, 0.3) is 0 Å². The molecule has 100 valence electrons. The largest absolute Gasteiger partial charge is 0.508 e. The fourth-order valence-corrected chi connectivity index (χ4v) is 2.61. The molecule has 0 aromatic heterocycles. The number of hydrogen-bond acceptors (Lipinski definition) is 2. The van der Waals surface area contributed by atoms with Crippen molar-refractivity contribution in [2.45, 2.75) is 37.0 Å². The predicted octanol–water partition coefficient (Wildman–Crippen LogP) is 2.94. The van der Waals surface area contributed by atoms with Gasteiger partial charge in [0, 0.05) is 30.4 Å². The first-order valence-corrected chi connectivity index (χ1v) is 5.95. The van der Waals surface area contributed by atoms with Gasteiger partial charge in [-0.15, -0.1) is 0 Å². The highest BCUT2D eigenvalue weighted by Gasteiger charge is 2.44. The van der Waals surface area contributed by atoms with Gasteiger partial charge < -0.3 is 10.8 Å². The Labute approximate surface area is 104 Å². The van der Waals surface area contributed by atoms with E-state index in [1.807, 2.05) is 0 Å². The van der Waals surface area contributed by atoms with E-state index in [1.54, 1.807) is 0 Å². The van der Waals surface area contributed by atoms with Crippen LogP contribution >= 0.6 is 0 Å². The second-order valence-corrected chi connectivity index (χ2v) is 5.00. The van der Waals surface area contributed by atoms with Gasteiger partial charge in [-0.1, -0.05) is 0 Å². The lowest BCUT2D eigenvalue weighted by molar-refractivity contribution is -0.0511. The Morgan fingerprint density at radius 2 is 1.78 bits per heavy atom. The van der Waals surface area contributed by atoms with E-state index in [9.17, 15) is 18.3 Å². The number of aromatic hydroxyl groups is 1. The molecule has 18 heavy (non-hydrogen) atoms. The zero-order chi connectivity index (χ0) is 13.4. The van der Waals surface area contributed by atoms with Crippen molar-refractivity contribution in [2.75, 3.05) is 6.54 Å². The third-order valence-electron chi connectivity index (χ3n) is 3.86. The van der Waals surface area contributed by atoms with Gasteiger partial charge in [0.15, 0.2) is 0 Å². The van der Waals surface area contributed by atoms with E-state index in [2.05, 4.69) is 0 Å². The van der Waals surface area contributed by atoms with Gasteiger partial charge in [-0.3, -0.25) is 0 Å². The van der Waals surface area contributed by atoms with Crippen molar-refractivity contribution in [2.24, 2.45) is 5.73 Å². The van der Waals surface area contributed by atoms with Crippen LogP contribution in [-0.2, 0) is 5.41 Å². The van der Waals surface area contributed by atoms with E-state index in [-0.39, 0.29) is 38.0 Å². The summed E-state index contributed by atoms with van der Waals surface area (Å²) < 4.78 is 39.7. The Hall–Kier alpha value is -1.23. The van der Waals surface area contributed by atoms with Crippen molar-refractivity contribution in [1.29, 1.82) is 0 Å². The maximum atomic E-state index is 13.3. The maximum Gasteiger partial charge on any atom is 0.248 e. The lowest BCUT2D eigenvalue weighted by Gasteiger charge is -2.40. The summed E-state index contributed by atoms with van der Waals surface area (Å²) in [5, 5.41) is 9.80. The van der Waals surface area contributed by atoms with E-state index in [1.165, 1.54) is 12.1 Å². The molecule has 0 unspecified atom stereocenters. The zero-order valence-electron chi connectivity index (χ0n) is 9.93. The average molecular weight is 259 g/mol. The van der Waals surface area contributed by atoms with Crippen LogP contribution in [0.2, 0.25) is 0 Å². The topological polar surface area (TPSA) is 46.2 Å². The summed E-state index contributed by atoms with van der Waals surface area (Å²) in [6.45, 7) is 0.125. The van der Waals surface area contributed by atoms with Gasteiger partial charge in [-0.05, 0) is 31.0 Å². The number of phenolic OH excluding ortho intramolecular Hbond substituents is 1. The molecule has 0 amide bonds. The minimum absolute atomic E-state index is 0.0768. The SMILES string of the molecule is NCC1(c2cc(F)ccc2O)CCC(F)(F)CC1. The van der Waals surface area contributed by atoms with Gasteiger partial charge in [0.05, 0.1) is 0 Å². The molecule has 1 saturated carbocycles. The first kappa shape index (κ1) is 13.2. The molecule has 0 radical (unpaired) electrons. The number of phenols is 1. The molecule has 1 aromatic carbocycles. The van der Waals surface area contributed by atoms with Crippen LogP contribution in [0.4, 0.5) is 13.2 Å². The van der Waals surface area contributed by atoms with Crippen LogP contribution in [0.5, 0.6) is 5.75 Å². The number of alkyl halides is 2. The number of halogens is 3. The smallest absolute Gasteiger partial charge is 0.248 e. The average Bonchev–Trinajstić information content (AvgIpc) is 2.33. The van der Waals surface area contributed by atoms with E-state index < -0.39 is 17.2 Å². The Bertz CT molecular complexity index is 438. The number of rotatable bonds is 2. The summed E-state index contributed by atoms with van der Waals surface area (Å²) in [4.78, 5) is 0. The van der Waals surface area contributed by atoms with Crippen molar-refractivity contribution >= 4 is 0 Å². The molecule has 1 fully saturated rings. The monoisotopic (exact) mass is 259 g/mol. The van der Waals surface area contributed by atoms with Crippen molar-refractivity contribution < 1.29 is 18.3 Å². The Morgan fingerprint density at radius 1 is 1.17 bits per heavy atom. The minimum Gasteiger partial charge on any atom is -0.508 e. The fourth-order valence-electron chi connectivity index (χ4n) is 2.61. The van der Waals surface area contributed by atoms with Crippen LogP contribution < -0.4 is 5.73 Å². The third-order valence-corrected chi connectivity index (χ3v) is 3.86. The van der Waals surface area contributed by atoms with E-state index in [4.69, 9.17) is 5.73 Å². The Kier molecular flexibility index (Phi) is 3.27. The molecule has 1 aliphatic carbocycles. The van der Waals surface area contributed by atoms with Gasteiger partial charge in [0.2, 0.25) is 5.92 Å². The number of hydrogen-bond donors (Lipinski definition) is 2. The molecule has 0 atom stereocenters. The fraction of sp³-hybridized carbons (Fsp3) is 0.538. The summed E-state index contributed by atoms with van der Waals surface area (Å²) in [6.07, 6.45) is -0.235. The standard InChI is InChI=1S/C13H16F3NO/c14-9-1-2-11(18)10(7-9)12(8-17)3-5-13(15,16)6-4-12/h1-2,7,18H,3-6,8,17H2. The second kappa shape index (κ2) is 4.46. The molecule has 0 aliphatic heterocycles. The summed E-state index contributed by atoms with van der Waals surface area (Å²) in [5.41, 5.74) is 5.30. The normalized spacial score (nSPS) is 21.8. The molecular weight excluding hydrogens is 243 g/mol. The summed E-state index contributed by atoms with van der Waals surface area (Å²) in [5.74, 6) is -3.25. The molecular formula is C13H16F3NO. The first-order chi connectivity index (χ1) is 8.38. The molecule has 3 N–H and O–H groups in total. The van der Waals surface area contributed by atoms with Crippen molar-refractivity contribution in [3.8, 4) is 5.75 Å². The zero-order valence-corrected chi connectivity index (χ0v) is 9.93. The molecule has 1 aromatic rings. The molecule has 0 spiro atoms. The Balaban J connectivity index is 2.36. The van der Waals surface area contributed by atoms with Crippen molar-refractivity contribution in [3.05, 3.63) is 29.6 Å². The molecule has 0 bridgehead atoms. The predicted molar refractivity (Wildman–Crippen MR) is 62.2 cm³/mol. The number of nitrogens with two attached hydrogens (primary N) is 1. The highest BCUT2D eigenvalue weighted by Crippen LogP contribution is 2.47. The molecule has 0 saturated heterocycles. The highest BCUT2D eigenvalue weighted by molar-refractivity contribution is 5.40. The first-order valence-electron chi connectivity index (χ1n) is 5.95. The molecule has 0 heterocycles. The molecule has 5 heteroatoms. The van der Waals surface area contributed by atoms with Gasteiger partial charge in [-0.2, -0.15) is 0 Å². The second-order valence-electron chi connectivity index (χ2n) is 5.00. The number of benzene rings is 1. The van der Waals surface area contributed by atoms with E-state index >= 15 is 0 Å². The Morgan fingerprint density at radius 3 is 2.33 bits per heavy atom. The van der Waals surface area contributed by atoms with Gasteiger partial charge in [0.1, 0.15) is 11.6 Å². The van der Waals surface area contributed by atoms with E-state index in [0.717, 1.165) is 6.07 Å². The maximum absolute atomic E-state index is 13.3. The molecule has 2 rings (SSSR count). The van der Waals surface area contributed by atoms with E-state index in [0.29, 0.717) is 5.56 Å². The van der Waals surface area contributed by atoms with Crippen molar-refractivity contribution in [3.63, 3.8) is 0 Å². The van der Waals surface area contributed by atoms with Crippen LogP contribution in [0, 0.1) is 5.82 Å². The summed E-state index contributed by atoms with van der Waals surface area (Å²) in [6, 6.07) is 3.58. The molecule has 1 aliphatic rings. The van der Waals surface area contributed by atoms with Crippen LogP contribution in [-0.4, -0.2) is 17.6 Å². The lowest BCUT2D eigenvalue weighted by Crippen LogP contribution is -2.42. The van der Waals surface area contributed by atoms with Gasteiger partial charge >= 0.3 is 0 Å². The quantitative estimate of drug-likeness (QED) is 0.857.